The lowest BCUT2D eigenvalue weighted by atomic mass is 10.1. The van der Waals surface area contributed by atoms with E-state index >= 15 is 0 Å². The van der Waals surface area contributed by atoms with E-state index in [9.17, 15) is 9.59 Å². The maximum atomic E-state index is 12.4. The summed E-state index contributed by atoms with van der Waals surface area (Å²) in [6, 6.07) is 7.00. The minimum Gasteiger partial charge on any atom is -0.346 e. The average molecular weight is 339 g/mol. The van der Waals surface area contributed by atoms with E-state index < -0.39 is 0 Å². The summed E-state index contributed by atoms with van der Waals surface area (Å²) in [5.74, 6) is 1.33. The lowest BCUT2D eigenvalue weighted by molar-refractivity contribution is -0.121. The number of carbonyl (C=O) groups is 2. The minimum absolute atomic E-state index is 0.136. The molecule has 3 rings (SSSR count). The molecule has 1 unspecified atom stereocenters. The van der Waals surface area contributed by atoms with Gasteiger partial charge in [-0.25, -0.2) is 0 Å². The van der Waals surface area contributed by atoms with E-state index in [4.69, 9.17) is 0 Å². The van der Waals surface area contributed by atoms with Gasteiger partial charge in [0, 0.05) is 18.7 Å². The highest BCUT2D eigenvalue weighted by Crippen LogP contribution is 2.20. The summed E-state index contributed by atoms with van der Waals surface area (Å²) >= 11 is 0. The molecule has 1 aromatic heterocycles. The van der Waals surface area contributed by atoms with E-state index in [1.54, 1.807) is 6.07 Å². The standard InChI is InChI=1S/C18H21N5O2/c1-3-16(24)20-14-8-5-4-7-13(14)11-17(25)19-12(2)18-22-21-15-9-6-10-23(15)18/h3-5,7-8,12H,1,6,9-11H2,2H3,(H,19,25)(H,20,24). The Morgan fingerprint density at radius 1 is 1.36 bits per heavy atom. The van der Waals surface area contributed by atoms with E-state index in [0.717, 1.165) is 36.6 Å². The fraction of sp³-hybridized carbons (Fsp3) is 0.333. The maximum Gasteiger partial charge on any atom is 0.247 e. The molecular formula is C18H21N5O2. The van der Waals surface area contributed by atoms with Crippen molar-refractivity contribution in [3.63, 3.8) is 0 Å². The summed E-state index contributed by atoms with van der Waals surface area (Å²) < 4.78 is 2.07. The average Bonchev–Trinajstić information content (AvgIpc) is 3.19. The van der Waals surface area contributed by atoms with Crippen molar-refractivity contribution in [2.45, 2.75) is 38.8 Å². The quantitative estimate of drug-likeness (QED) is 0.785. The summed E-state index contributed by atoms with van der Waals surface area (Å²) in [5, 5.41) is 14.0. The van der Waals surface area contributed by atoms with Gasteiger partial charge in [-0.3, -0.25) is 9.59 Å². The van der Waals surface area contributed by atoms with Gasteiger partial charge in [0.15, 0.2) is 5.82 Å². The zero-order valence-corrected chi connectivity index (χ0v) is 14.2. The number of carbonyl (C=O) groups excluding carboxylic acids is 2. The maximum absolute atomic E-state index is 12.4. The fourth-order valence-electron chi connectivity index (χ4n) is 3.00. The van der Waals surface area contributed by atoms with Gasteiger partial charge in [0.1, 0.15) is 5.82 Å². The van der Waals surface area contributed by atoms with Gasteiger partial charge in [-0.2, -0.15) is 0 Å². The van der Waals surface area contributed by atoms with Crippen molar-refractivity contribution in [2.75, 3.05) is 5.32 Å². The number of nitrogens with one attached hydrogen (secondary N) is 2. The topological polar surface area (TPSA) is 88.9 Å². The first-order valence-electron chi connectivity index (χ1n) is 8.31. The van der Waals surface area contributed by atoms with Crippen molar-refractivity contribution < 1.29 is 9.59 Å². The molecule has 1 aliphatic heterocycles. The molecule has 2 amide bonds. The Kier molecular flexibility index (Phi) is 4.92. The summed E-state index contributed by atoms with van der Waals surface area (Å²) in [6.07, 6.45) is 3.36. The molecule has 1 aliphatic rings. The molecule has 0 aliphatic carbocycles. The van der Waals surface area contributed by atoms with Gasteiger partial charge >= 0.3 is 0 Å². The second-order valence-corrected chi connectivity index (χ2v) is 6.05. The Morgan fingerprint density at radius 2 is 2.16 bits per heavy atom. The van der Waals surface area contributed by atoms with Crippen LogP contribution >= 0.6 is 0 Å². The highest BCUT2D eigenvalue weighted by Gasteiger charge is 2.22. The smallest absolute Gasteiger partial charge is 0.247 e. The molecule has 0 radical (unpaired) electrons. The number of aryl methyl sites for hydroxylation is 1. The normalized spacial score (nSPS) is 13.8. The van der Waals surface area contributed by atoms with Crippen LogP contribution < -0.4 is 10.6 Å². The van der Waals surface area contributed by atoms with Crippen molar-refractivity contribution >= 4 is 17.5 Å². The first-order chi connectivity index (χ1) is 12.1. The van der Waals surface area contributed by atoms with Crippen LogP contribution in [-0.2, 0) is 29.0 Å². The number of nitrogens with zero attached hydrogens (tertiary/aromatic N) is 3. The van der Waals surface area contributed by atoms with E-state index in [2.05, 4.69) is 32.0 Å². The van der Waals surface area contributed by atoms with Crippen LogP contribution in [0.15, 0.2) is 36.9 Å². The van der Waals surface area contributed by atoms with Gasteiger partial charge in [-0.1, -0.05) is 24.8 Å². The molecule has 130 valence electrons. The number of amides is 2. The zero-order chi connectivity index (χ0) is 17.8. The van der Waals surface area contributed by atoms with Crippen LogP contribution in [0.2, 0.25) is 0 Å². The third-order valence-corrected chi connectivity index (χ3v) is 4.21. The van der Waals surface area contributed by atoms with Crippen molar-refractivity contribution in [3.8, 4) is 0 Å². The molecule has 1 atom stereocenters. The number of rotatable bonds is 6. The predicted octanol–water partition coefficient (Wildman–Crippen LogP) is 1.77. The molecular weight excluding hydrogens is 318 g/mol. The van der Waals surface area contributed by atoms with E-state index in [1.807, 2.05) is 25.1 Å². The molecule has 0 spiro atoms. The SMILES string of the molecule is C=CC(=O)Nc1ccccc1CC(=O)NC(C)c1nnc2n1CCC2. The Balaban J connectivity index is 1.66. The second kappa shape index (κ2) is 7.29. The molecule has 25 heavy (non-hydrogen) atoms. The fourth-order valence-corrected chi connectivity index (χ4v) is 3.00. The molecule has 0 fully saturated rings. The highest BCUT2D eigenvalue weighted by atomic mass is 16.2. The zero-order valence-electron chi connectivity index (χ0n) is 14.2. The molecule has 7 heteroatoms. The number of para-hydroxylation sites is 1. The molecule has 1 aromatic carbocycles. The van der Waals surface area contributed by atoms with Crippen molar-refractivity contribution in [1.29, 1.82) is 0 Å². The lowest BCUT2D eigenvalue weighted by Crippen LogP contribution is -2.30. The second-order valence-electron chi connectivity index (χ2n) is 6.05. The van der Waals surface area contributed by atoms with Crippen molar-refractivity contribution in [2.24, 2.45) is 0 Å². The van der Waals surface area contributed by atoms with Gasteiger partial charge in [0.25, 0.3) is 0 Å². The van der Waals surface area contributed by atoms with Crippen LogP contribution in [0.1, 0.15) is 36.6 Å². The number of fused-ring (bicyclic) bond motifs is 1. The monoisotopic (exact) mass is 339 g/mol. The third kappa shape index (κ3) is 3.76. The molecule has 0 saturated carbocycles. The minimum atomic E-state index is -0.305. The molecule has 0 bridgehead atoms. The number of anilines is 1. The van der Waals surface area contributed by atoms with Gasteiger partial charge < -0.3 is 15.2 Å². The summed E-state index contributed by atoms with van der Waals surface area (Å²) in [6.45, 7) is 6.24. The van der Waals surface area contributed by atoms with Crippen LogP contribution in [0.4, 0.5) is 5.69 Å². The van der Waals surface area contributed by atoms with Crippen LogP contribution in [0.5, 0.6) is 0 Å². The van der Waals surface area contributed by atoms with Gasteiger partial charge in [-0.05, 0) is 31.1 Å². The van der Waals surface area contributed by atoms with Crippen LogP contribution in [0.25, 0.3) is 0 Å². The summed E-state index contributed by atoms with van der Waals surface area (Å²) in [7, 11) is 0. The molecule has 2 N–H and O–H groups in total. The van der Waals surface area contributed by atoms with E-state index in [0.29, 0.717) is 5.69 Å². The largest absolute Gasteiger partial charge is 0.346 e. The van der Waals surface area contributed by atoms with Crippen LogP contribution in [0.3, 0.4) is 0 Å². The Hall–Kier alpha value is -2.96. The molecule has 2 heterocycles. The molecule has 7 nitrogen and oxygen atoms in total. The number of hydrogen-bond donors (Lipinski definition) is 2. The van der Waals surface area contributed by atoms with Gasteiger partial charge in [-0.15, -0.1) is 10.2 Å². The first-order valence-corrected chi connectivity index (χ1v) is 8.31. The van der Waals surface area contributed by atoms with E-state index in [1.165, 1.54) is 6.08 Å². The molecule has 2 aromatic rings. The first kappa shape index (κ1) is 16.9. The Bertz CT molecular complexity index is 812. The Labute approximate surface area is 146 Å². The van der Waals surface area contributed by atoms with Crippen molar-refractivity contribution in [1.82, 2.24) is 20.1 Å². The third-order valence-electron chi connectivity index (χ3n) is 4.21. The van der Waals surface area contributed by atoms with Crippen molar-refractivity contribution in [3.05, 3.63) is 54.1 Å². The Morgan fingerprint density at radius 3 is 2.96 bits per heavy atom. The lowest BCUT2D eigenvalue weighted by Gasteiger charge is -2.15. The molecule has 0 saturated heterocycles. The number of benzene rings is 1. The predicted molar refractivity (Wildman–Crippen MR) is 93.9 cm³/mol. The summed E-state index contributed by atoms with van der Waals surface area (Å²) in [4.78, 5) is 23.9. The summed E-state index contributed by atoms with van der Waals surface area (Å²) in [5.41, 5.74) is 1.35. The van der Waals surface area contributed by atoms with Gasteiger partial charge in [0.05, 0.1) is 12.5 Å². The highest BCUT2D eigenvalue weighted by molar-refractivity contribution is 5.99. The van der Waals surface area contributed by atoms with E-state index in [-0.39, 0.29) is 24.3 Å². The number of hydrogen-bond acceptors (Lipinski definition) is 4. The number of aromatic nitrogens is 3. The van der Waals surface area contributed by atoms with Crippen LogP contribution in [-0.4, -0.2) is 26.6 Å². The van der Waals surface area contributed by atoms with Crippen LogP contribution in [0, 0.1) is 0 Å². The van der Waals surface area contributed by atoms with Gasteiger partial charge in [0.2, 0.25) is 11.8 Å².